The molecule has 0 bridgehead atoms. The number of anilines is 1. The number of nitrogens with one attached hydrogen (secondary N) is 2. The summed E-state index contributed by atoms with van der Waals surface area (Å²) in [6.45, 7) is 2.02. The maximum atomic E-state index is 13.5. The lowest BCUT2D eigenvalue weighted by Crippen LogP contribution is -2.18. The second kappa shape index (κ2) is 6.21. The Morgan fingerprint density at radius 1 is 0.759 bits per heavy atom. The summed E-state index contributed by atoms with van der Waals surface area (Å²) >= 11 is 0. The van der Waals surface area contributed by atoms with E-state index in [0.29, 0.717) is 33.5 Å². The number of H-pyrrole nitrogens is 2. The summed E-state index contributed by atoms with van der Waals surface area (Å²) in [4.78, 5) is 35.9. The maximum Gasteiger partial charge on any atom is 0.199 e. The number of para-hydroxylation sites is 2. The Kier molecular flexibility index (Phi) is 3.74. The molecule has 5 nitrogen and oxygen atoms in total. The summed E-state index contributed by atoms with van der Waals surface area (Å²) in [5.41, 5.74) is 4.58. The zero-order chi connectivity index (χ0) is 20.3. The topological polar surface area (TPSA) is 69.0 Å². The minimum atomic E-state index is -0.0244. The quantitative estimate of drug-likeness (QED) is 0.447. The molecule has 29 heavy (non-hydrogen) atoms. The first-order valence-electron chi connectivity index (χ1n) is 9.74. The summed E-state index contributed by atoms with van der Waals surface area (Å²) in [5, 5.41) is 2.56. The van der Waals surface area contributed by atoms with Gasteiger partial charge in [0.05, 0.1) is 27.5 Å². The van der Waals surface area contributed by atoms with Crippen LogP contribution in [0.3, 0.4) is 0 Å². The van der Waals surface area contributed by atoms with Gasteiger partial charge in [0.2, 0.25) is 0 Å². The molecule has 144 valence electrons. The highest BCUT2D eigenvalue weighted by Crippen LogP contribution is 2.35. The molecule has 0 spiro atoms. The van der Waals surface area contributed by atoms with Crippen molar-refractivity contribution in [3.8, 4) is 0 Å². The SMILES string of the molecule is CCc1c2[nH]c3ccccc3c(=O)c2c(N(C)C)c2[nH]c3ccccc3c(=O)c12. The molecule has 0 atom stereocenters. The van der Waals surface area contributed by atoms with Crippen LogP contribution in [-0.2, 0) is 6.42 Å². The Balaban J connectivity index is 2.20. The fourth-order valence-electron chi connectivity index (χ4n) is 4.44. The molecule has 0 radical (unpaired) electrons. The highest BCUT2D eigenvalue weighted by molar-refractivity contribution is 6.15. The first-order chi connectivity index (χ1) is 14.0. The molecular formula is C24H21N3O2. The Bertz CT molecular complexity index is 1560. The van der Waals surface area contributed by atoms with Gasteiger partial charge in [-0.2, -0.15) is 0 Å². The molecule has 2 aromatic heterocycles. The molecule has 0 unspecified atom stereocenters. The standard InChI is InChI=1S/C24H21N3O2/c1-4-13-18-21(26-17-12-8-5-9-14(17)23(18)28)22(27(2)3)19-20(13)25-16-11-7-6-10-15(16)24(19)29/h5-12H,4H2,1-3H3,(H,25,29)(H,26,28). The summed E-state index contributed by atoms with van der Waals surface area (Å²) in [5.74, 6) is 0. The molecule has 5 rings (SSSR count). The van der Waals surface area contributed by atoms with Crippen molar-refractivity contribution in [2.24, 2.45) is 0 Å². The minimum absolute atomic E-state index is 0.00907. The van der Waals surface area contributed by atoms with Crippen molar-refractivity contribution in [3.05, 3.63) is 74.5 Å². The number of nitrogens with zero attached hydrogens (tertiary/aromatic N) is 1. The molecule has 0 saturated heterocycles. The van der Waals surface area contributed by atoms with E-state index in [9.17, 15) is 9.59 Å². The third-order valence-electron chi connectivity index (χ3n) is 5.69. The van der Waals surface area contributed by atoms with Gasteiger partial charge in [-0.15, -0.1) is 0 Å². The van der Waals surface area contributed by atoms with E-state index in [4.69, 9.17) is 0 Å². The van der Waals surface area contributed by atoms with Gasteiger partial charge in [0.25, 0.3) is 0 Å². The molecule has 2 N–H and O–H groups in total. The zero-order valence-corrected chi connectivity index (χ0v) is 16.6. The van der Waals surface area contributed by atoms with Gasteiger partial charge in [0, 0.05) is 35.9 Å². The average molecular weight is 383 g/mol. The van der Waals surface area contributed by atoms with E-state index in [1.54, 1.807) is 0 Å². The number of pyridine rings is 2. The van der Waals surface area contributed by atoms with Crippen LogP contribution in [-0.4, -0.2) is 24.1 Å². The number of aryl methyl sites for hydroxylation is 1. The van der Waals surface area contributed by atoms with Gasteiger partial charge < -0.3 is 14.9 Å². The van der Waals surface area contributed by atoms with Crippen LogP contribution >= 0.6 is 0 Å². The third kappa shape index (κ3) is 2.34. The fourth-order valence-corrected chi connectivity index (χ4v) is 4.44. The first kappa shape index (κ1) is 17.5. The van der Waals surface area contributed by atoms with Crippen LogP contribution in [0.15, 0.2) is 58.1 Å². The molecule has 0 amide bonds. The number of aromatic amines is 2. The zero-order valence-electron chi connectivity index (χ0n) is 16.6. The van der Waals surface area contributed by atoms with Crippen LogP contribution in [0.1, 0.15) is 12.5 Å². The van der Waals surface area contributed by atoms with Crippen LogP contribution in [0.2, 0.25) is 0 Å². The van der Waals surface area contributed by atoms with E-state index in [0.717, 1.165) is 27.8 Å². The number of fused-ring (bicyclic) bond motifs is 4. The molecule has 2 heterocycles. The lowest BCUT2D eigenvalue weighted by Gasteiger charge is -2.21. The molecule has 0 saturated carbocycles. The van der Waals surface area contributed by atoms with Crippen LogP contribution in [0.5, 0.6) is 0 Å². The van der Waals surface area contributed by atoms with Gasteiger partial charge in [-0.25, -0.2) is 0 Å². The van der Waals surface area contributed by atoms with Crippen LogP contribution < -0.4 is 15.8 Å². The molecule has 0 aliphatic carbocycles. The van der Waals surface area contributed by atoms with E-state index in [1.165, 1.54) is 0 Å². The Hall–Kier alpha value is -3.60. The maximum absolute atomic E-state index is 13.5. The highest BCUT2D eigenvalue weighted by atomic mass is 16.1. The molecular weight excluding hydrogens is 362 g/mol. The number of rotatable bonds is 2. The second-order valence-corrected chi connectivity index (χ2v) is 7.57. The summed E-state index contributed by atoms with van der Waals surface area (Å²) < 4.78 is 0. The van der Waals surface area contributed by atoms with Crippen molar-refractivity contribution in [1.82, 2.24) is 9.97 Å². The van der Waals surface area contributed by atoms with Crippen molar-refractivity contribution < 1.29 is 0 Å². The Morgan fingerprint density at radius 2 is 1.28 bits per heavy atom. The molecule has 5 aromatic rings. The molecule has 3 aromatic carbocycles. The largest absolute Gasteiger partial charge is 0.375 e. The number of aromatic nitrogens is 2. The van der Waals surface area contributed by atoms with Gasteiger partial charge in [0.15, 0.2) is 10.9 Å². The number of hydrogen-bond acceptors (Lipinski definition) is 3. The smallest absolute Gasteiger partial charge is 0.199 e. The predicted molar refractivity (Wildman–Crippen MR) is 121 cm³/mol. The van der Waals surface area contributed by atoms with E-state index in [2.05, 4.69) is 9.97 Å². The summed E-state index contributed by atoms with van der Waals surface area (Å²) in [7, 11) is 3.81. The Morgan fingerprint density at radius 3 is 1.83 bits per heavy atom. The lowest BCUT2D eigenvalue weighted by atomic mass is 9.96. The van der Waals surface area contributed by atoms with Crippen LogP contribution in [0.4, 0.5) is 5.69 Å². The van der Waals surface area contributed by atoms with Gasteiger partial charge in [0.1, 0.15) is 0 Å². The third-order valence-corrected chi connectivity index (χ3v) is 5.69. The highest BCUT2D eigenvalue weighted by Gasteiger charge is 2.22. The number of benzene rings is 3. The first-order valence-corrected chi connectivity index (χ1v) is 9.74. The molecule has 5 heteroatoms. The minimum Gasteiger partial charge on any atom is -0.375 e. The van der Waals surface area contributed by atoms with E-state index in [-0.39, 0.29) is 10.9 Å². The van der Waals surface area contributed by atoms with Gasteiger partial charge in [-0.05, 0) is 36.2 Å². The van der Waals surface area contributed by atoms with Gasteiger partial charge in [-0.1, -0.05) is 31.2 Å². The molecule has 0 aliphatic rings. The Labute approximate surface area is 166 Å². The number of hydrogen-bond donors (Lipinski definition) is 2. The normalized spacial score (nSPS) is 11.7. The molecule has 0 fully saturated rings. The van der Waals surface area contributed by atoms with Crippen molar-refractivity contribution in [3.63, 3.8) is 0 Å². The van der Waals surface area contributed by atoms with Crippen molar-refractivity contribution in [1.29, 1.82) is 0 Å². The fraction of sp³-hybridized carbons (Fsp3) is 0.167. The van der Waals surface area contributed by atoms with Crippen molar-refractivity contribution in [2.75, 3.05) is 19.0 Å². The van der Waals surface area contributed by atoms with Crippen molar-refractivity contribution >= 4 is 49.3 Å². The summed E-state index contributed by atoms with van der Waals surface area (Å²) in [6.07, 6.45) is 0.635. The van der Waals surface area contributed by atoms with Gasteiger partial charge in [-0.3, -0.25) is 9.59 Å². The van der Waals surface area contributed by atoms with E-state index >= 15 is 0 Å². The van der Waals surface area contributed by atoms with Crippen LogP contribution in [0, 0.1) is 0 Å². The molecule has 0 aliphatic heterocycles. The van der Waals surface area contributed by atoms with Gasteiger partial charge >= 0.3 is 0 Å². The van der Waals surface area contributed by atoms with E-state index in [1.807, 2.05) is 74.4 Å². The van der Waals surface area contributed by atoms with E-state index < -0.39 is 0 Å². The van der Waals surface area contributed by atoms with Crippen LogP contribution in [0.25, 0.3) is 43.6 Å². The second-order valence-electron chi connectivity index (χ2n) is 7.57. The predicted octanol–water partition coefficient (Wildman–Crippen LogP) is 4.30. The average Bonchev–Trinajstić information content (AvgIpc) is 2.72. The van der Waals surface area contributed by atoms with Crippen molar-refractivity contribution in [2.45, 2.75) is 13.3 Å². The monoisotopic (exact) mass is 383 g/mol. The lowest BCUT2D eigenvalue weighted by molar-refractivity contribution is 1.13. The summed E-state index contributed by atoms with van der Waals surface area (Å²) in [6, 6.07) is 15.0.